The van der Waals surface area contributed by atoms with E-state index in [0.29, 0.717) is 18.2 Å². The van der Waals surface area contributed by atoms with Crippen LogP contribution >= 0.6 is 0 Å². The van der Waals surface area contributed by atoms with Gasteiger partial charge in [-0.05, 0) is 13.3 Å². The number of nitrogen functional groups attached to an aromatic ring is 1. The number of anilines is 2. The van der Waals surface area contributed by atoms with Crippen LogP contribution in [0.15, 0.2) is 0 Å². The Morgan fingerprint density at radius 1 is 1.22 bits per heavy atom. The van der Waals surface area contributed by atoms with Crippen molar-refractivity contribution in [1.82, 2.24) is 24.8 Å². The second-order valence-electron chi connectivity index (χ2n) is 6.05. The fourth-order valence-corrected chi connectivity index (χ4v) is 2.75. The molecule has 0 aliphatic carbocycles. The highest BCUT2D eigenvalue weighted by molar-refractivity contribution is 5.75. The van der Waals surface area contributed by atoms with Crippen LogP contribution in [0.25, 0.3) is 0 Å². The molecule has 1 aliphatic heterocycles. The molecule has 128 valence electrons. The molecule has 8 nitrogen and oxygen atoms in total. The lowest BCUT2D eigenvalue weighted by molar-refractivity contribution is -0.130. The third-order valence-corrected chi connectivity index (χ3v) is 4.17. The highest BCUT2D eigenvalue weighted by Gasteiger charge is 2.24. The van der Waals surface area contributed by atoms with E-state index in [4.69, 9.17) is 5.73 Å². The van der Waals surface area contributed by atoms with E-state index in [0.717, 1.165) is 32.6 Å². The predicted octanol–water partition coefficient (Wildman–Crippen LogP) is 0.525. The Morgan fingerprint density at radius 2 is 1.96 bits per heavy atom. The lowest BCUT2D eigenvalue weighted by Crippen LogP contribution is -2.36. The molecule has 2 N–H and O–H groups in total. The van der Waals surface area contributed by atoms with Gasteiger partial charge in [0.2, 0.25) is 17.8 Å². The van der Waals surface area contributed by atoms with Gasteiger partial charge in [0.1, 0.15) is 0 Å². The first-order valence-corrected chi connectivity index (χ1v) is 8.13. The Morgan fingerprint density at radius 3 is 2.61 bits per heavy atom. The third-order valence-electron chi connectivity index (χ3n) is 4.17. The molecule has 2 heterocycles. The van der Waals surface area contributed by atoms with Gasteiger partial charge in [0, 0.05) is 46.7 Å². The summed E-state index contributed by atoms with van der Waals surface area (Å²) in [6, 6.07) is 0.0377. The van der Waals surface area contributed by atoms with Crippen molar-refractivity contribution in [3.63, 3.8) is 0 Å². The van der Waals surface area contributed by atoms with Gasteiger partial charge in [-0.2, -0.15) is 15.0 Å². The number of carbonyl (C=O) groups is 1. The van der Waals surface area contributed by atoms with Gasteiger partial charge in [-0.1, -0.05) is 6.92 Å². The molecule has 1 aromatic rings. The Bertz CT molecular complexity index is 549. The second-order valence-corrected chi connectivity index (χ2v) is 6.05. The molecular weight excluding hydrogens is 294 g/mol. The number of aromatic nitrogens is 3. The zero-order valence-corrected chi connectivity index (χ0v) is 14.5. The number of rotatable bonds is 4. The summed E-state index contributed by atoms with van der Waals surface area (Å²) >= 11 is 0. The summed E-state index contributed by atoms with van der Waals surface area (Å²) in [6.45, 7) is 7.28. The van der Waals surface area contributed by atoms with Gasteiger partial charge in [-0.25, -0.2) is 0 Å². The fourth-order valence-electron chi connectivity index (χ4n) is 2.75. The molecule has 23 heavy (non-hydrogen) atoms. The molecule has 1 amide bonds. The van der Waals surface area contributed by atoms with Gasteiger partial charge in [0.15, 0.2) is 5.82 Å². The number of amides is 1. The molecule has 1 unspecified atom stereocenters. The van der Waals surface area contributed by atoms with Crippen LogP contribution in [-0.2, 0) is 4.79 Å². The summed E-state index contributed by atoms with van der Waals surface area (Å²) in [6.07, 6.45) is 1.52. The summed E-state index contributed by atoms with van der Waals surface area (Å²) in [5.74, 6) is 1.70. The first kappa shape index (κ1) is 17.4. The SMILES string of the molecule is CCC(=O)N1CCCN(C(C)c2nc(N)nc(N(C)C)n2)CC1. The molecule has 1 saturated heterocycles. The Hall–Kier alpha value is -1.96. The summed E-state index contributed by atoms with van der Waals surface area (Å²) in [7, 11) is 3.76. The molecule has 1 aromatic heterocycles. The quantitative estimate of drug-likeness (QED) is 0.864. The van der Waals surface area contributed by atoms with Gasteiger partial charge >= 0.3 is 0 Å². The predicted molar refractivity (Wildman–Crippen MR) is 90.0 cm³/mol. The van der Waals surface area contributed by atoms with Gasteiger partial charge < -0.3 is 15.5 Å². The van der Waals surface area contributed by atoms with Crippen LogP contribution in [0.2, 0.25) is 0 Å². The summed E-state index contributed by atoms with van der Waals surface area (Å²) in [5.41, 5.74) is 5.81. The van der Waals surface area contributed by atoms with Crippen molar-refractivity contribution in [3.05, 3.63) is 5.82 Å². The van der Waals surface area contributed by atoms with Crippen LogP contribution in [0.5, 0.6) is 0 Å². The van der Waals surface area contributed by atoms with Crippen LogP contribution < -0.4 is 10.6 Å². The smallest absolute Gasteiger partial charge is 0.229 e. The summed E-state index contributed by atoms with van der Waals surface area (Å²) in [5, 5.41) is 0. The molecule has 0 saturated carbocycles. The number of nitrogens with two attached hydrogens (primary N) is 1. The molecule has 1 atom stereocenters. The van der Waals surface area contributed by atoms with Crippen molar-refractivity contribution in [2.24, 2.45) is 0 Å². The Balaban J connectivity index is 2.11. The number of carbonyl (C=O) groups excluding carboxylic acids is 1. The zero-order chi connectivity index (χ0) is 17.0. The Kier molecular flexibility index (Phi) is 5.70. The fraction of sp³-hybridized carbons (Fsp3) is 0.733. The van der Waals surface area contributed by atoms with E-state index in [1.54, 1.807) is 0 Å². The van der Waals surface area contributed by atoms with E-state index >= 15 is 0 Å². The lowest BCUT2D eigenvalue weighted by atomic mass is 10.2. The van der Waals surface area contributed by atoms with E-state index in [2.05, 4.69) is 26.8 Å². The maximum absolute atomic E-state index is 11.9. The summed E-state index contributed by atoms with van der Waals surface area (Å²) < 4.78 is 0. The number of hydrogen-bond acceptors (Lipinski definition) is 7. The van der Waals surface area contributed by atoms with Gasteiger partial charge in [0.05, 0.1) is 6.04 Å². The second kappa shape index (κ2) is 7.54. The van der Waals surface area contributed by atoms with Crippen LogP contribution in [0.4, 0.5) is 11.9 Å². The van der Waals surface area contributed by atoms with Crippen LogP contribution in [0.1, 0.15) is 38.6 Å². The molecular formula is C15H27N7O. The average molecular weight is 321 g/mol. The van der Waals surface area contributed by atoms with E-state index in [1.165, 1.54) is 0 Å². The van der Waals surface area contributed by atoms with E-state index < -0.39 is 0 Å². The zero-order valence-electron chi connectivity index (χ0n) is 14.5. The molecule has 1 aliphatic rings. The van der Waals surface area contributed by atoms with Crippen molar-refractivity contribution in [2.75, 3.05) is 50.9 Å². The molecule has 0 bridgehead atoms. The third kappa shape index (κ3) is 4.28. The molecule has 0 spiro atoms. The van der Waals surface area contributed by atoms with Gasteiger partial charge in [0.25, 0.3) is 0 Å². The number of hydrogen-bond donors (Lipinski definition) is 1. The largest absolute Gasteiger partial charge is 0.368 e. The maximum Gasteiger partial charge on any atom is 0.229 e. The lowest BCUT2D eigenvalue weighted by Gasteiger charge is -2.27. The van der Waals surface area contributed by atoms with Crippen molar-refractivity contribution in [2.45, 2.75) is 32.7 Å². The normalized spacial score (nSPS) is 17.7. The minimum Gasteiger partial charge on any atom is -0.368 e. The van der Waals surface area contributed by atoms with Crippen molar-refractivity contribution in [3.8, 4) is 0 Å². The van der Waals surface area contributed by atoms with Crippen LogP contribution in [0, 0.1) is 0 Å². The van der Waals surface area contributed by atoms with E-state index in [1.807, 2.05) is 30.8 Å². The Labute approximate surface area is 137 Å². The topological polar surface area (TPSA) is 91.5 Å². The summed E-state index contributed by atoms with van der Waals surface area (Å²) in [4.78, 5) is 30.9. The first-order chi connectivity index (χ1) is 10.9. The first-order valence-electron chi connectivity index (χ1n) is 8.13. The van der Waals surface area contributed by atoms with Gasteiger partial charge in [-0.15, -0.1) is 0 Å². The molecule has 0 aromatic carbocycles. The average Bonchev–Trinajstić information content (AvgIpc) is 2.78. The molecule has 0 radical (unpaired) electrons. The minimum absolute atomic E-state index is 0.0377. The van der Waals surface area contributed by atoms with Crippen LogP contribution in [-0.4, -0.2) is 70.9 Å². The highest BCUT2D eigenvalue weighted by atomic mass is 16.2. The minimum atomic E-state index is 0.0377. The highest BCUT2D eigenvalue weighted by Crippen LogP contribution is 2.20. The van der Waals surface area contributed by atoms with Crippen molar-refractivity contribution >= 4 is 17.8 Å². The standard InChI is InChI=1S/C15H27N7O/c1-5-12(23)22-8-6-7-21(9-10-22)11(2)13-17-14(16)19-15(18-13)20(3)4/h11H,5-10H2,1-4H3,(H2,16,17,18,19). The molecule has 8 heteroatoms. The van der Waals surface area contributed by atoms with Crippen molar-refractivity contribution < 1.29 is 4.79 Å². The molecule has 1 fully saturated rings. The van der Waals surface area contributed by atoms with Crippen LogP contribution in [0.3, 0.4) is 0 Å². The van der Waals surface area contributed by atoms with Gasteiger partial charge in [-0.3, -0.25) is 9.69 Å². The van der Waals surface area contributed by atoms with Crippen molar-refractivity contribution in [1.29, 1.82) is 0 Å². The monoisotopic (exact) mass is 321 g/mol. The maximum atomic E-state index is 11.9. The number of nitrogens with zero attached hydrogens (tertiary/aromatic N) is 6. The van der Waals surface area contributed by atoms with E-state index in [-0.39, 0.29) is 17.9 Å². The van der Waals surface area contributed by atoms with E-state index in [9.17, 15) is 4.79 Å². The molecule has 2 rings (SSSR count).